The molecule has 1 atom stereocenters. The molecule has 1 N–H and O–H groups in total. The minimum absolute atomic E-state index is 0.0730. The first kappa shape index (κ1) is 15.5. The summed E-state index contributed by atoms with van der Waals surface area (Å²) in [5, 5.41) is 3.48. The van der Waals surface area contributed by atoms with E-state index in [4.69, 9.17) is 4.74 Å². The Hall–Kier alpha value is -1.87. The lowest BCUT2D eigenvalue weighted by atomic mass is 9.96. The molecular formula is C18H22FNO. The molecule has 0 aliphatic carbocycles. The molecule has 0 amide bonds. The maximum Gasteiger partial charge on any atom is 0.126 e. The fraction of sp³-hybridized carbons (Fsp3) is 0.333. The van der Waals surface area contributed by atoms with E-state index in [-0.39, 0.29) is 11.9 Å². The van der Waals surface area contributed by atoms with Gasteiger partial charge in [0.2, 0.25) is 0 Å². The van der Waals surface area contributed by atoms with Gasteiger partial charge in [0.15, 0.2) is 0 Å². The second kappa shape index (κ2) is 7.23. The molecule has 2 nitrogen and oxygen atoms in total. The van der Waals surface area contributed by atoms with E-state index >= 15 is 0 Å². The number of halogens is 1. The van der Waals surface area contributed by atoms with Crippen molar-refractivity contribution in [2.75, 3.05) is 13.7 Å². The molecule has 3 heteroatoms. The molecule has 0 saturated carbocycles. The third kappa shape index (κ3) is 3.61. The van der Waals surface area contributed by atoms with Crippen LogP contribution < -0.4 is 10.1 Å². The Labute approximate surface area is 126 Å². The van der Waals surface area contributed by atoms with Crippen LogP contribution in [-0.4, -0.2) is 13.7 Å². The first-order valence-electron chi connectivity index (χ1n) is 7.29. The number of hydrogen-bond acceptors (Lipinski definition) is 2. The molecule has 0 radical (unpaired) electrons. The summed E-state index contributed by atoms with van der Waals surface area (Å²) in [7, 11) is 1.66. The summed E-state index contributed by atoms with van der Waals surface area (Å²) < 4.78 is 19.3. The summed E-state index contributed by atoms with van der Waals surface area (Å²) in [6.45, 7) is 4.75. The maximum atomic E-state index is 13.9. The average molecular weight is 287 g/mol. The lowest BCUT2D eigenvalue weighted by molar-refractivity contribution is 0.403. The average Bonchev–Trinajstić information content (AvgIpc) is 2.51. The summed E-state index contributed by atoms with van der Waals surface area (Å²) in [6, 6.07) is 13.2. The van der Waals surface area contributed by atoms with Crippen LogP contribution in [0.15, 0.2) is 42.5 Å². The molecule has 2 aromatic carbocycles. The fourth-order valence-corrected chi connectivity index (χ4v) is 2.39. The van der Waals surface area contributed by atoms with Crippen LogP contribution in [0.25, 0.3) is 0 Å². The first-order chi connectivity index (χ1) is 10.2. The molecule has 0 aliphatic heterocycles. The van der Waals surface area contributed by atoms with Crippen molar-refractivity contribution < 1.29 is 9.13 Å². The van der Waals surface area contributed by atoms with E-state index in [1.54, 1.807) is 20.1 Å². The Morgan fingerprint density at radius 3 is 2.62 bits per heavy atom. The van der Waals surface area contributed by atoms with Gasteiger partial charge in [-0.05, 0) is 43.1 Å². The Morgan fingerprint density at radius 1 is 1.19 bits per heavy atom. The zero-order chi connectivity index (χ0) is 15.2. The molecule has 2 aromatic rings. The van der Waals surface area contributed by atoms with Gasteiger partial charge in [-0.2, -0.15) is 0 Å². The highest BCUT2D eigenvalue weighted by atomic mass is 19.1. The standard InChI is InChI=1S/C18H22FNO/c1-4-11-20-18(14-10-9-13(2)16(19)12-14)15-7-5-6-8-17(15)21-3/h5-10,12,18,20H,4,11H2,1-3H3. The summed E-state index contributed by atoms with van der Waals surface area (Å²) in [4.78, 5) is 0. The highest BCUT2D eigenvalue weighted by molar-refractivity contribution is 5.42. The van der Waals surface area contributed by atoms with Gasteiger partial charge in [0.1, 0.15) is 11.6 Å². The second-order valence-corrected chi connectivity index (χ2v) is 5.14. The van der Waals surface area contributed by atoms with Crippen molar-refractivity contribution in [1.82, 2.24) is 5.32 Å². The summed E-state index contributed by atoms with van der Waals surface area (Å²) in [5.74, 6) is 0.637. The monoisotopic (exact) mass is 287 g/mol. The van der Waals surface area contributed by atoms with Crippen molar-refractivity contribution in [2.24, 2.45) is 0 Å². The van der Waals surface area contributed by atoms with Gasteiger partial charge in [-0.15, -0.1) is 0 Å². The predicted molar refractivity (Wildman–Crippen MR) is 84.3 cm³/mol. The van der Waals surface area contributed by atoms with Crippen LogP contribution in [0.2, 0.25) is 0 Å². The number of benzene rings is 2. The van der Waals surface area contributed by atoms with Gasteiger partial charge < -0.3 is 10.1 Å². The largest absolute Gasteiger partial charge is 0.496 e. The smallest absolute Gasteiger partial charge is 0.126 e. The third-order valence-electron chi connectivity index (χ3n) is 3.58. The second-order valence-electron chi connectivity index (χ2n) is 5.14. The van der Waals surface area contributed by atoms with Gasteiger partial charge >= 0.3 is 0 Å². The molecule has 2 rings (SSSR count). The Balaban J connectivity index is 2.44. The normalized spacial score (nSPS) is 12.2. The molecule has 0 spiro atoms. The zero-order valence-electron chi connectivity index (χ0n) is 12.8. The van der Waals surface area contributed by atoms with Gasteiger partial charge in [0, 0.05) is 5.56 Å². The van der Waals surface area contributed by atoms with Crippen molar-refractivity contribution in [2.45, 2.75) is 26.3 Å². The van der Waals surface area contributed by atoms with Crippen molar-refractivity contribution >= 4 is 0 Å². The number of para-hydroxylation sites is 1. The number of nitrogens with one attached hydrogen (secondary N) is 1. The van der Waals surface area contributed by atoms with Gasteiger partial charge in [-0.25, -0.2) is 4.39 Å². The van der Waals surface area contributed by atoms with E-state index in [9.17, 15) is 4.39 Å². The van der Waals surface area contributed by atoms with E-state index in [0.717, 1.165) is 29.8 Å². The van der Waals surface area contributed by atoms with Crippen LogP contribution >= 0.6 is 0 Å². The summed E-state index contributed by atoms with van der Waals surface area (Å²) >= 11 is 0. The molecule has 0 saturated heterocycles. The maximum absolute atomic E-state index is 13.9. The number of hydrogen-bond donors (Lipinski definition) is 1. The summed E-state index contributed by atoms with van der Waals surface area (Å²) in [5.41, 5.74) is 2.60. The zero-order valence-corrected chi connectivity index (χ0v) is 12.8. The molecule has 0 fully saturated rings. The van der Waals surface area contributed by atoms with Crippen LogP contribution in [0, 0.1) is 12.7 Å². The van der Waals surface area contributed by atoms with Crippen molar-refractivity contribution in [1.29, 1.82) is 0 Å². The molecule has 1 unspecified atom stereocenters. The Kier molecular flexibility index (Phi) is 5.34. The van der Waals surface area contributed by atoms with Gasteiger partial charge in [-0.1, -0.05) is 37.3 Å². The number of ether oxygens (including phenoxy) is 1. The SMILES string of the molecule is CCCNC(c1ccc(C)c(F)c1)c1ccccc1OC. The van der Waals surface area contributed by atoms with E-state index < -0.39 is 0 Å². The molecule has 0 aromatic heterocycles. The topological polar surface area (TPSA) is 21.3 Å². The van der Waals surface area contributed by atoms with Crippen LogP contribution in [-0.2, 0) is 0 Å². The highest BCUT2D eigenvalue weighted by Crippen LogP contribution is 2.30. The number of methoxy groups -OCH3 is 1. The van der Waals surface area contributed by atoms with Crippen LogP contribution in [0.4, 0.5) is 4.39 Å². The van der Waals surface area contributed by atoms with Crippen LogP contribution in [0.1, 0.15) is 36.1 Å². The lowest BCUT2D eigenvalue weighted by Gasteiger charge is -2.22. The molecule has 0 aliphatic rings. The van der Waals surface area contributed by atoms with Gasteiger partial charge in [0.05, 0.1) is 13.2 Å². The quantitative estimate of drug-likeness (QED) is 0.858. The molecule has 0 heterocycles. The molecule has 112 valence electrons. The van der Waals surface area contributed by atoms with Crippen molar-refractivity contribution in [3.63, 3.8) is 0 Å². The van der Waals surface area contributed by atoms with Crippen LogP contribution in [0.3, 0.4) is 0 Å². The molecule has 21 heavy (non-hydrogen) atoms. The first-order valence-corrected chi connectivity index (χ1v) is 7.29. The third-order valence-corrected chi connectivity index (χ3v) is 3.58. The minimum atomic E-state index is -0.175. The van der Waals surface area contributed by atoms with E-state index in [2.05, 4.69) is 12.2 Å². The number of rotatable bonds is 6. The van der Waals surface area contributed by atoms with E-state index in [1.807, 2.05) is 36.4 Å². The van der Waals surface area contributed by atoms with Crippen molar-refractivity contribution in [3.8, 4) is 5.75 Å². The number of aryl methyl sites for hydroxylation is 1. The predicted octanol–water partition coefficient (Wildman–Crippen LogP) is 4.23. The minimum Gasteiger partial charge on any atom is -0.496 e. The summed E-state index contributed by atoms with van der Waals surface area (Å²) in [6.07, 6.45) is 1.01. The molecular weight excluding hydrogens is 265 g/mol. The molecule has 0 bridgehead atoms. The van der Waals surface area contributed by atoms with E-state index in [1.165, 1.54) is 0 Å². The lowest BCUT2D eigenvalue weighted by Crippen LogP contribution is -2.23. The van der Waals surface area contributed by atoms with Crippen LogP contribution in [0.5, 0.6) is 5.75 Å². The van der Waals surface area contributed by atoms with Crippen molar-refractivity contribution in [3.05, 3.63) is 65.0 Å². The van der Waals surface area contributed by atoms with Gasteiger partial charge in [-0.3, -0.25) is 0 Å². The Morgan fingerprint density at radius 2 is 1.95 bits per heavy atom. The van der Waals surface area contributed by atoms with E-state index in [0.29, 0.717) is 5.56 Å². The fourth-order valence-electron chi connectivity index (χ4n) is 2.39. The van der Waals surface area contributed by atoms with Gasteiger partial charge in [0.25, 0.3) is 0 Å². The Bertz CT molecular complexity index is 598. The highest BCUT2D eigenvalue weighted by Gasteiger charge is 2.18.